The minimum absolute atomic E-state index is 0.00831. The van der Waals surface area contributed by atoms with Crippen LogP contribution in [0.4, 0.5) is 10.5 Å². The van der Waals surface area contributed by atoms with Crippen LogP contribution in [-0.4, -0.2) is 82.5 Å². The summed E-state index contributed by atoms with van der Waals surface area (Å²) >= 11 is 2.04. The van der Waals surface area contributed by atoms with Crippen molar-refractivity contribution in [2.75, 3.05) is 31.1 Å². The van der Waals surface area contributed by atoms with Crippen molar-refractivity contribution in [2.45, 2.75) is 30.4 Å². The van der Waals surface area contributed by atoms with Gasteiger partial charge < -0.3 is 43.8 Å². The molecule has 1 amide bonds. The molecule has 0 unspecified atom stereocenters. The third kappa shape index (κ3) is 6.10. The lowest BCUT2D eigenvalue weighted by molar-refractivity contribution is 0.0490. The molecule has 0 atom stereocenters. The minimum atomic E-state index is -5.75. The highest BCUT2D eigenvalue weighted by Crippen LogP contribution is 2.70. The van der Waals surface area contributed by atoms with Crippen molar-refractivity contribution >= 4 is 66.4 Å². The number of aromatic nitrogens is 2. The summed E-state index contributed by atoms with van der Waals surface area (Å²) in [6.45, 7) is 0.426. The molecule has 230 valence electrons. The number of hydrogen-bond acceptors (Lipinski definition) is 8. The van der Waals surface area contributed by atoms with Crippen LogP contribution in [0.1, 0.15) is 34.8 Å². The van der Waals surface area contributed by atoms with E-state index in [0.717, 1.165) is 29.6 Å². The molecule has 2 aromatic heterocycles. The van der Waals surface area contributed by atoms with Crippen molar-refractivity contribution in [1.29, 1.82) is 0 Å². The fourth-order valence-electron chi connectivity index (χ4n) is 5.04. The molecule has 0 spiro atoms. The highest BCUT2D eigenvalue weighted by Gasteiger charge is 2.64. The molecule has 1 aliphatic heterocycles. The number of carbonyl (C=O) groups excluding carboxylic acids is 1. The lowest BCUT2D eigenvalue weighted by Gasteiger charge is -2.39. The summed E-state index contributed by atoms with van der Waals surface area (Å²) in [5.41, 5.74) is 0.465. The van der Waals surface area contributed by atoms with E-state index in [4.69, 9.17) is 4.74 Å². The molecule has 1 aromatic carbocycles. The van der Waals surface area contributed by atoms with Crippen LogP contribution in [0.5, 0.6) is 0 Å². The molecule has 2 fully saturated rings. The number of pyridine rings is 2. The number of amides is 1. The van der Waals surface area contributed by atoms with Crippen LogP contribution in [0, 0.1) is 3.57 Å². The van der Waals surface area contributed by atoms with Crippen LogP contribution in [0.25, 0.3) is 10.9 Å². The predicted octanol–water partition coefficient (Wildman–Crippen LogP) is 2.54. The number of benzene rings is 1. The zero-order valence-electron chi connectivity index (χ0n) is 22.3. The minimum Gasteiger partial charge on any atom is -0.477 e. The van der Waals surface area contributed by atoms with Crippen LogP contribution < -0.4 is 10.3 Å². The third-order valence-corrected chi connectivity index (χ3v) is 12.2. The largest absolute Gasteiger partial charge is 0.477 e. The Morgan fingerprint density at radius 1 is 1.07 bits per heavy atom. The van der Waals surface area contributed by atoms with Gasteiger partial charge in [-0.15, -0.1) is 0 Å². The van der Waals surface area contributed by atoms with Gasteiger partial charge in [0, 0.05) is 66.2 Å². The number of halogens is 1. The van der Waals surface area contributed by atoms with Gasteiger partial charge in [-0.05, 0) is 59.2 Å². The summed E-state index contributed by atoms with van der Waals surface area (Å²) in [4.78, 5) is 84.7. The van der Waals surface area contributed by atoms with E-state index in [1.54, 1.807) is 16.7 Å². The standard InChI is InChI=1S/C25H27IN4O11P2/c26-19-10-17-20(30(16-3-4-16)14-18(22(17)31)23(32)33)11-21(19)28-6-8-29(9-7-28)24(34)41-25(42(35,36)37,43(38,39)40)12-15-2-1-5-27-13-15/h1-2,5,10-11,13-14,16H,3-4,6-9,12H2,(H,32,33)(H2,35,36,37)(H2,38,39,40). The maximum Gasteiger partial charge on any atom is 0.411 e. The van der Waals surface area contributed by atoms with Gasteiger partial charge in [-0.25, -0.2) is 9.59 Å². The molecule has 0 radical (unpaired) electrons. The number of piperazine rings is 1. The first kappa shape index (κ1) is 31.6. The molecule has 18 heteroatoms. The van der Waals surface area contributed by atoms with Crippen LogP contribution >= 0.6 is 37.8 Å². The summed E-state index contributed by atoms with van der Waals surface area (Å²) < 4.78 is 32.5. The Morgan fingerprint density at radius 3 is 2.26 bits per heavy atom. The van der Waals surface area contributed by atoms with E-state index in [2.05, 4.69) is 4.98 Å². The van der Waals surface area contributed by atoms with Gasteiger partial charge >= 0.3 is 32.3 Å². The molecule has 1 aliphatic carbocycles. The molecule has 0 bridgehead atoms. The van der Waals surface area contributed by atoms with E-state index in [-0.39, 0.29) is 48.7 Å². The number of carboxylic acid groups (broad SMARTS) is 1. The lowest BCUT2D eigenvalue weighted by atomic mass is 10.1. The van der Waals surface area contributed by atoms with E-state index < -0.39 is 44.2 Å². The number of ether oxygens (including phenoxy) is 1. The van der Waals surface area contributed by atoms with E-state index in [1.165, 1.54) is 24.5 Å². The number of rotatable bonds is 8. The average molecular weight is 748 g/mol. The number of carboxylic acids is 1. The van der Waals surface area contributed by atoms with Gasteiger partial charge in [-0.2, -0.15) is 0 Å². The van der Waals surface area contributed by atoms with Gasteiger partial charge in [-0.3, -0.25) is 18.9 Å². The van der Waals surface area contributed by atoms with Gasteiger partial charge in [0.05, 0.1) is 11.2 Å². The smallest absolute Gasteiger partial charge is 0.411 e. The Morgan fingerprint density at radius 2 is 1.72 bits per heavy atom. The first-order valence-corrected chi connectivity index (χ1v) is 17.3. The maximum atomic E-state index is 13.1. The topological polar surface area (TPSA) is 220 Å². The highest BCUT2D eigenvalue weighted by atomic mass is 127. The summed E-state index contributed by atoms with van der Waals surface area (Å²) in [5.74, 6) is -1.30. The van der Waals surface area contributed by atoms with Gasteiger partial charge in [0.15, 0.2) is 0 Å². The van der Waals surface area contributed by atoms with Gasteiger partial charge in [0.25, 0.3) is 0 Å². The quantitative estimate of drug-likeness (QED) is 0.165. The molecule has 43 heavy (non-hydrogen) atoms. The van der Waals surface area contributed by atoms with Crippen LogP contribution in [0.15, 0.2) is 47.7 Å². The normalized spacial score (nSPS) is 16.4. The Bertz CT molecular complexity index is 1720. The van der Waals surface area contributed by atoms with Crippen molar-refractivity contribution in [3.8, 4) is 0 Å². The molecular formula is C25H27IN4O11P2. The number of hydrogen-bond donors (Lipinski definition) is 5. The second-order valence-electron chi connectivity index (χ2n) is 10.3. The monoisotopic (exact) mass is 748 g/mol. The Kier molecular flexibility index (Phi) is 8.50. The molecular weight excluding hydrogens is 721 g/mol. The first-order valence-electron chi connectivity index (χ1n) is 13.0. The SMILES string of the molecule is O=C(O)c1cn(C2CC2)c2cc(N3CCN(C(=O)OC(Cc4cccnc4)(P(=O)(O)O)P(=O)(O)O)CC3)c(I)cc2c1=O. The second-order valence-corrected chi connectivity index (χ2v) is 15.5. The lowest BCUT2D eigenvalue weighted by Crippen LogP contribution is -2.51. The van der Waals surface area contributed by atoms with Crippen molar-refractivity contribution in [3.05, 3.63) is 67.8 Å². The fourth-order valence-corrected chi connectivity index (χ4v) is 8.38. The summed E-state index contributed by atoms with van der Waals surface area (Å²) in [6.07, 6.45) is 3.32. The van der Waals surface area contributed by atoms with Crippen LogP contribution in [0.2, 0.25) is 0 Å². The number of carbonyl (C=O) groups is 2. The maximum absolute atomic E-state index is 13.1. The number of fused-ring (bicyclic) bond motifs is 1. The predicted molar refractivity (Wildman–Crippen MR) is 161 cm³/mol. The van der Waals surface area contributed by atoms with E-state index >= 15 is 0 Å². The molecule has 1 saturated heterocycles. The number of nitrogens with zero attached hydrogens (tertiary/aromatic N) is 4. The van der Waals surface area contributed by atoms with Crippen molar-refractivity contribution in [3.63, 3.8) is 0 Å². The summed E-state index contributed by atoms with van der Waals surface area (Å²) in [6, 6.07) is 6.26. The fraction of sp³-hybridized carbons (Fsp3) is 0.360. The average Bonchev–Trinajstić information content (AvgIpc) is 3.77. The second kappa shape index (κ2) is 11.6. The Labute approximate surface area is 257 Å². The molecule has 15 nitrogen and oxygen atoms in total. The van der Waals surface area contributed by atoms with E-state index in [0.29, 0.717) is 9.09 Å². The van der Waals surface area contributed by atoms with Crippen molar-refractivity contribution < 1.29 is 48.1 Å². The molecule has 2 aliphatic rings. The molecule has 3 heterocycles. The van der Waals surface area contributed by atoms with Gasteiger partial charge in [0.2, 0.25) is 5.43 Å². The Hall–Kier alpha value is -2.85. The molecule has 1 saturated carbocycles. The Balaban J connectivity index is 1.39. The molecule has 3 aromatic rings. The van der Waals surface area contributed by atoms with Gasteiger partial charge in [-0.1, -0.05) is 6.07 Å². The summed E-state index contributed by atoms with van der Waals surface area (Å²) in [7, 11) is -11.5. The summed E-state index contributed by atoms with van der Waals surface area (Å²) in [5, 5.41) is 6.35. The zero-order valence-corrected chi connectivity index (χ0v) is 26.3. The van der Waals surface area contributed by atoms with E-state index in [9.17, 15) is 48.2 Å². The van der Waals surface area contributed by atoms with Gasteiger partial charge in [0.1, 0.15) is 5.56 Å². The molecule has 5 rings (SSSR count). The van der Waals surface area contributed by atoms with Crippen LogP contribution in [0.3, 0.4) is 0 Å². The van der Waals surface area contributed by atoms with E-state index in [1.807, 2.05) is 27.5 Å². The van der Waals surface area contributed by atoms with Crippen LogP contribution in [-0.2, 0) is 20.3 Å². The highest BCUT2D eigenvalue weighted by molar-refractivity contribution is 14.1. The van der Waals surface area contributed by atoms with Crippen molar-refractivity contribution in [1.82, 2.24) is 14.5 Å². The van der Waals surface area contributed by atoms with Crippen molar-refractivity contribution in [2.24, 2.45) is 0 Å². The third-order valence-electron chi connectivity index (χ3n) is 7.47. The first-order chi connectivity index (χ1) is 20.1. The number of anilines is 1. The zero-order chi connectivity index (χ0) is 31.3. The molecule has 5 N–H and O–H groups in total. The number of aromatic carboxylic acids is 1.